The molecule has 1 aromatic carbocycles. The van der Waals surface area contributed by atoms with Crippen molar-refractivity contribution in [3.8, 4) is 0 Å². The second-order valence-corrected chi connectivity index (χ2v) is 7.58. The van der Waals surface area contributed by atoms with Crippen LogP contribution in [-0.2, 0) is 16.1 Å². The minimum absolute atomic E-state index is 0.140. The number of benzene rings is 1. The van der Waals surface area contributed by atoms with Gasteiger partial charge in [0.15, 0.2) is 0 Å². The van der Waals surface area contributed by atoms with E-state index in [-0.39, 0.29) is 23.2 Å². The summed E-state index contributed by atoms with van der Waals surface area (Å²) in [5, 5.41) is 11.1. The molecule has 1 aliphatic heterocycles. The average molecular weight is 435 g/mol. The number of ketones is 1. The lowest BCUT2D eigenvalue weighted by molar-refractivity contribution is -0.140. The highest BCUT2D eigenvalue weighted by Crippen LogP contribution is 2.40. The summed E-state index contributed by atoms with van der Waals surface area (Å²) in [6.07, 6.45) is 7.02. The Bertz CT molecular complexity index is 1210. The smallest absolute Gasteiger partial charge is 0.295 e. The van der Waals surface area contributed by atoms with E-state index in [1.165, 1.54) is 29.3 Å². The number of hydrogen-bond donors (Lipinski definition) is 1. The zero-order chi connectivity index (χ0) is 22.8. The molecule has 8 nitrogen and oxygen atoms in total. The van der Waals surface area contributed by atoms with Crippen LogP contribution in [-0.4, -0.2) is 47.8 Å². The molecule has 1 N–H and O–H groups in total. The van der Waals surface area contributed by atoms with Gasteiger partial charge in [0.2, 0.25) is 0 Å². The molecule has 0 bridgehead atoms. The average Bonchev–Trinajstić information content (AvgIpc) is 3.36. The van der Waals surface area contributed by atoms with Crippen molar-refractivity contribution >= 4 is 17.4 Å². The Morgan fingerprint density at radius 2 is 1.97 bits per heavy atom. The van der Waals surface area contributed by atoms with Crippen LogP contribution in [0, 0.1) is 19.7 Å². The van der Waals surface area contributed by atoms with Gasteiger partial charge in [0.1, 0.15) is 17.4 Å². The molecular weight excluding hydrogens is 413 g/mol. The second kappa shape index (κ2) is 8.70. The maximum atomic E-state index is 14.8. The van der Waals surface area contributed by atoms with Crippen molar-refractivity contribution in [3.63, 3.8) is 0 Å². The number of aromatic nitrogens is 4. The standard InChI is InChI=1S/C23H22FN5O3/c1-14-17(12-26-15(2)27-14)21(30)19-20(16-6-3-4-7-18(16)24)29(23(32)22(19)31)10-5-9-28-11-8-25-13-28/h3-4,6-8,11-13,20,30H,5,9-10H2,1-2H3/t20-/m1/s1. The third-order valence-electron chi connectivity index (χ3n) is 5.47. The van der Waals surface area contributed by atoms with Crippen molar-refractivity contribution in [1.29, 1.82) is 0 Å². The molecular formula is C23H22FN5O3. The Kier molecular flexibility index (Phi) is 5.81. The molecule has 0 spiro atoms. The van der Waals surface area contributed by atoms with Crippen LogP contribution in [0.2, 0.25) is 0 Å². The van der Waals surface area contributed by atoms with Gasteiger partial charge in [0.25, 0.3) is 11.7 Å². The number of likely N-dealkylation sites (tertiary alicyclic amines) is 1. The van der Waals surface area contributed by atoms with Crippen molar-refractivity contribution < 1.29 is 19.1 Å². The topological polar surface area (TPSA) is 101 Å². The van der Waals surface area contributed by atoms with Gasteiger partial charge < -0.3 is 14.6 Å². The maximum absolute atomic E-state index is 14.8. The maximum Gasteiger partial charge on any atom is 0.295 e. The zero-order valence-corrected chi connectivity index (χ0v) is 17.7. The summed E-state index contributed by atoms with van der Waals surface area (Å²) in [5.74, 6) is -2.12. The lowest BCUT2D eigenvalue weighted by Crippen LogP contribution is -2.31. The Morgan fingerprint density at radius 3 is 2.66 bits per heavy atom. The van der Waals surface area contributed by atoms with Crippen LogP contribution < -0.4 is 0 Å². The van der Waals surface area contributed by atoms with Crippen molar-refractivity contribution in [2.45, 2.75) is 32.9 Å². The van der Waals surface area contributed by atoms with Gasteiger partial charge in [-0.15, -0.1) is 0 Å². The lowest BCUT2D eigenvalue weighted by atomic mass is 9.95. The van der Waals surface area contributed by atoms with Gasteiger partial charge >= 0.3 is 0 Å². The van der Waals surface area contributed by atoms with Crippen LogP contribution in [0.4, 0.5) is 4.39 Å². The summed E-state index contributed by atoms with van der Waals surface area (Å²) in [4.78, 5) is 39.6. The van der Waals surface area contributed by atoms with Gasteiger partial charge in [-0.05, 0) is 26.3 Å². The highest BCUT2D eigenvalue weighted by Gasteiger charge is 2.46. The number of aliphatic hydroxyl groups excluding tert-OH is 1. The third kappa shape index (κ3) is 3.89. The Labute approximate surface area is 184 Å². The van der Waals surface area contributed by atoms with Gasteiger partial charge in [-0.1, -0.05) is 18.2 Å². The first-order valence-corrected chi connectivity index (χ1v) is 10.2. The number of amides is 1. The number of halogens is 1. The van der Waals surface area contributed by atoms with Crippen LogP contribution in [0.25, 0.3) is 5.76 Å². The monoisotopic (exact) mass is 435 g/mol. The molecule has 32 heavy (non-hydrogen) atoms. The molecule has 1 amide bonds. The molecule has 1 saturated heterocycles. The number of imidazole rings is 1. The van der Waals surface area contributed by atoms with Gasteiger partial charge in [-0.2, -0.15) is 0 Å². The fraction of sp³-hybridized carbons (Fsp3) is 0.261. The highest BCUT2D eigenvalue weighted by atomic mass is 19.1. The molecule has 0 unspecified atom stereocenters. The van der Waals surface area contributed by atoms with E-state index in [0.717, 1.165) is 0 Å². The van der Waals surface area contributed by atoms with E-state index >= 15 is 0 Å². The molecule has 1 fully saturated rings. The molecule has 3 heterocycles. The molecule has 164 valence electrons. The minimum Gasteiger partial charge on any atom is -0.507 e. The van der Waals surface area contributed by atoms with Crippen LogP contribution in [0.3, 0.4) is 0 Å². The predicted octanol–water partition coefficient (Wildman–Crippen LogP) is 2.94. The third-order valence-corrected chi connectivity index (χ3v) is 5.47. The number of carbonyl (C=O) groups excluding carboxylic acids is 2. The first kappa shape index (κ1) is 21.4. The van der Waals surface area contributed by atoms with E-state index in [9.17, 15) is 19.1 Å². The molecule has 0 aliphatic carbocycles. The van der Waals surface area contributed by atoms with Gasteiger partial charge in [-0.3, -0.25) is 9.59 Å². The molecule has 0 radical (unpaired) electrons. The lowest BCUT2D eigenvalue weighted by Gasteiger charge is -2.25. The molecule has 3 aromatic rings. The summed E-state index contributed by atoms with van der Waals surface area (Å²) in [6, 6.07) is 4.88. The molecule has 2 aromatic heterocycles. The van der Waals surface area contributed by atoms with Gasteiger partial charge in [0.05, 0.1) is 29.2 Å². The van der Waals surface area contributed by atoms with Gasteiger partial charge in [0, 0.05) is 37.2 Å². The van der Waals surface area contributed by atoms with Crippen molar-refractivity contribution in [1.82, 2.24) is 24.4 Å². The van der Waals surface area contributed by atoms with Gasteiger partial charge in [-0.25, -0.2) is 19.3 Å². The number of aliphatic hydroxyl groups is 1. The predicted molar refractivity (Wildman–Crippen MR) is 114 cm³/mol. The number of carbonyl (C=O) groups is 2. The Balaban J connectivity index is 1.78. The molecule has 9 heteroatoms. The fourth-order valence-electron chi connectivity index (χ4n) is 3.93. The van der Waals surface area contributed by atoms with E-state index in [2.05, 4.69) is 15.0 Å². The van der Waals surface area contributed by atoms with Crippen molar-refractivity contribution in [3.05, 3.63) is 83.2 Å². The minimum atomic E-state index is -1.06. The summed E-state index contributed by atoms with van der Waals surface area (Å²) in [6.45, 7) is 4.14. The van der Waals surface area contributed by atoms with E-state index < -0.39 is 29.3 Å². The summed E-state index contributed by atoms with van der Waals surface area (Å²) >= 11 is 0. The van der Waals surface area contributed by atoms with E-state index in [1.54, 1.807) is 38.6 Å². The highest BCUT2D eigenvalue weighted by molar-refractivity contribution is 6.46. The van der Waals surface area contributed by atoms with E-state index in [4.69, 9.17) is 0 Å². The SMILES string of the molecule is Cc1ncc(C(O)=C2C(=O)C(=O)N(CCCn3ccnc3)[C@@H]2c2ccccc2F)c(C)n1. The molecule has 1 atom stereocenters. The normalized spacial score (nSPS) is 17.8. The second-order valence-electron chi connectivity index (χ2n) is 7.58. The van der Waals surface area contributed by atoms with Crippen LogP contribution >= 0.6 is 0 Å². The largest absolute Gasteiger partial charge is 0.507 e. The quantitative estimate of drug-likeness (QED) is 0.363. The van der Waals surface area contributed by atoms with Crippen LogP contribution in [0.15, 0.2) is 54.8 Å². The first-order valence-electron chi connectivity index (χ1n) is 10.2. The summed E-state index contributed by atoms with van der Waals surface area (Å²) in [5.41, 5.74) is 0.654. The molecule has 4 rings (SSSR count). The number of rotatable bonds is 6. The Morgan fingerprint density at radius 1 is 1.19 bits per heavy atom. The van der Waals surface area contributed by atoms with Crippen LogP contribution in [0.1, 0.15) is 35.1 Å². The zero-order valence-electron chi connectivity index (χ0n) is 17.7. The van der Waals surface area contributed by atoms with E-state index in [1.807, 2.05) is 4.57 Å². The van der Waals surface area contributed by atoms with Crippen molar-refractivity contribution in [2.24, 2.45) is 0 Å². The molecule has 0 saturated carbocycles. The number of hydrogen-bond acceptors (Lipinski definition) is 6. The Hall–Kier alpha value is -3.88. The van der Waals surface area contributed by atoms with Crippen LogP contribution in [0.5, 0.6) is 0 Å². The summed E-state index contributed by atoms with van der Waals surface area (Å²) in [7, 11) is 0. The van der Waals surface area contributed by atoms with E-state index in [0.29, 0.717) is 24.5 Å². The van der Waals surface area contributed by atoms with Crippen molar-refractivity contribution in [2.75, 3.05) is 6.54 Å². The first-order chi connectivity index (χ1) is 15.4. The molecule has 1 aliphatic rings. The fourth-order valence-corrected chi connectivity index (χ4v) is 3.93. The number of aryl methyl sites for hydroxylation is 3. The number of nitrogens with zero attached hydrogens (tertiary/aromatic N) is 5. The number of Topliss-reactive ketones (excluding diaryl/α,β-unsaturated/α-hetero) is 1. The summed E-state index contributed by atoms with van der Waals surface area (Å²) < 4.78 is 16.6.